The fourth-order valence-electron chi connectivity index (χ4n) is 2.25. The monoisotopic (exact) mass is 327 g/mol. The SMILES string of the molecule is CCc1ccccc1NC(=O)CSc1nnc2ccc(N)cn12. The Labute approximate surface area is 138 Å². The van der Waals surface area contributed by atoms with E-state index in [2.05, 4.69) is 22.4 Å². The molecule has 3 aromatic rings. The molecule has 1 amide bonds. The Morgan fingerprint density at radius 1 is 1.26 bits per heavy atom. The van der Waals surface area contributed by atoms with E-state index in [0.717, 1.165) is 17.7 Å². The Morgan fingerprint density at radius 2 is 2.09 bits per heavy atom. The quantitative estimate of drug-likeness (QED) is 0.704. The summed E-state index contributed by atoms with van der Waals surface area (Å²) in [6.45, 7) is 2.06. The molecule has 0 bridgehead atoms. The third-order valence-electron chi connectivity index (χ3n) is 3.40. The van der Waals surface area contributed by atoms with Gasteiger partial charge >= 0.3 is 0 Å². The summed E-state index contributed by atoms with van der Waals surface area (Å²) in [6.07, 6.45) is 2.62. The van der Waals surface area contributed by atoms with Gasteiger partial charge in [0, 0.05) is 17.6 Å². The second kappa shape index (κ2) is 6.70. The highest BCUT2D eigenvalue weighted by Gasteiger charge is 2.10. The maximum absolute atomic E-state index is 12.2. The van der Waals surface area contributed by atoms with Crippen LogP contribution in [-0.4, -0.2) is 26.3 Å². The largest absolute Gasteiger partial charge is 0.398 e. The van der Waals surface area contributed by atoms with E-state index in [9.17, 15) is 4.79 Å². The molecule has 7 heteroatoms. The van der Waals surface area contributed by atoms with Crippen molar-refractivity contribution in [3.63, 3.8) is 0 Å². The van der Waals surface area contributed by atoms with Crippen LogP contribution in [0.15, 0.2) is 47.8 Å². The van der Waals surface area contributed by atoms with Crippen LogP contribution in [0.5, 0.6) is 0 Å². The minimum atomic E-state index is -0.0726. The van der Waals surface area contributed by atoms with Crippen LogP contribution >= 0.6 is 11.8 Å². The molecule has 3 rings (SSSR count). The molecule has 6 nitrogen and oxygen atoms in total. The number of benzene rings is 1. The molecule has 3 N–H and O–H groups in total. The first-order valence-corrected chi connectivity index (χ1v) is 8.26. The van der Waals surface area contributed by atoms with Gasteiger partial charge in [-0.25, -0.2) is 0 Å². The zero-order valence-electron chi connectivity index (χ0n) is 12.7. The van der Waals surface area contributed by atoms with Crippen LogP contribution in [0.2, 0.25) is 0 Å². The van der Waals surface area contributed by atoms with E-state index in [0.29, 0.717) is 16.5 Å². The zero-order valence-corrected chi connectivity index (χ0v) is 13.5. The minimum Gasteiger partial charge on any atom is -0.398 e. The van der Waals surface area contributed by atoms with Gasteiger partial charge in [0.25, 0.3) is 0 Å². The van der Waals surface area contributed by atoms with Crippen molar-refractivity contribution < 1.29 is 4.79 Å². The molecule has 23 heavy (non-hydrogen) atoms. The van der Waals surface area contributed by atoms with Crippen LogP contribution < -0.4 is 11.1 Å². The molecule has 0 aliphatic rings. The Morgan fingerprint density at radius 3 is 2.91 bits per heavy atom. The second-order valence-electron chi connectivity index (χ2n) is 5.02. The first-order valence-electron chi connectivity index (χ1n) is 7.28. The minimum absolute atomic E-state index is 0.0726. The van der Waals surface area contributed by atoms with Crippen LogP contribution in [0.4, 0.5) is 11.4 Å². The molecule has 1 aromatic carbocycles. The van der Waals surface area contributed by atoms with Gasteiger partial charge in [-0.3, -0.25) is 9.20 Å². The second-order valence-corrected chi connectivity index (χ2v) is 5.96. The lowest BCUT2D eigenvalue weighted by atomic mass is 10.1. The molecule has 0 spiro atoms. The summed E-state index contributed by atoms with van der Waals surface area (Å²) < 4.78 is 1.78. The van der Waals surface area contributed by atoms with Gasteiger partial charge in [-0.1, -0.05) is 36.9 Å². The number of nitrogens with one attached hydrogen (secondary N) is 1. The number of carbonyl (C=O) groups is 1. The molecule has 0 aliphatic heterocycles. The Kier molecular flexibility index (Phi) is 4.47. The van der Waals surface area contributed by atoms with Gasteiger partial charge in [-0.05, 0) is 30.2 Å². The summed E-state index contributed by atoms with van der Waals surface area (Å²) in [5.74, 6) is 0.185. The number of pyridine rings is 1. The summed E-state index contributed by atoms with van der Waals surface area (Å²) in [5.41, 5.74) is 9.08. The van der Waals surface area contributed by atoms with Crippen molar-refractivity contribution in [3.8, 4) is 0 Å². The van der Waals surface area contributed by atoms with Crippen LogP contribution in [0.25, 0.3) is 5.65 Å². The number of carbonyl (C=O) groups excluding carboxylic acids is 1. The average Bonchev–Trinajstić information content (AvgIpc) is 2.95. The molecule has 0 saturated heterocycles. The summed E-state index contributed by atoms with van der Waals surface area (Å²) in [6, 6.07) is 11.4. The number of aryl methyl sites for hydroxylation is 1. The molecule has 0 fully saturated rings. The molecule has 2 aromatic heterocycles. The Hall–Kier alpha value is -2.54. The summed E-state index contributed by atoms with van der Waals surface area (Å²) >= 11 is 1.33. The molecular formula is C16H17N5OS. The van der Waals surface area contributed by atoms with E-state index >= 15 is 0 Å². The van der Waals surface area contributed by atoms with Crippen molar-refractivity contribution >= 4 is 34.7 Å². The molecule has 118 valence electrons. The fraction of sp³-hybridized carbons (Fsp3) is 0.188. The maximum atomic E-state index is 12.2. The van der Waals surface area contributed by atoms with Gasteiger partial charge in [-0.2, -0.15) is 0 Å². The molecular weight excluding hydrogens is 310 g/mol. The molecule has 0 atom stereocenters. The molecule has 0 radical (unpaired) electrons. The number of amides is 1. The Bertz CT molecular complexity index is 845. The molecule has 0 unspecified atom stereocenters. The fourth-order valence-corrected chi connectivity index (χ4v) is 2.97. The number of hydrogen-bond acceptors (Lipinski definition) is 5. The number of anilines is 2. The van der Waals surface area contributed by atoms with Gasteiger partial charge in [0.05, 0.1) is 5.75 Å². The van der Waals surface area contributed by atoms with Crippen LogP contribution in [0, 0.1) is 0 Å². The smallest absolute Gasteiger partial charge is 0.234 e. The number of nitrogens with zero attached hydrogens (tertiary/aromatic N) is 3. The number of fused-ring (bicyclic) bond motifs is 1. The van der Waals surface area contributed by atoms with Crippen molar-refractivity contribution in [1.29, 1.82) is 0 Å². The number of nitrogens with two attached hydrogens (primary N) is 1. The highest BCUT2D eigenvalue weighted by molar-refractivity contribution is 7.99. The van der Waals surface area contributed by atoms with E-state index < -0.39 is 0 Å². The van der Waals surface area contributed by atoms with Crippen LogP contribution in [0.1, 0.15) is 12.5 Å². The predicted octanol–water partition coefficient (Wildman–Crippen LogP) is 2.60. The number of thioether (sulfide) groups is 1. The molecule has 2 heterocycles. The van der Waals surface area contributed by atoms with E-state index in [4.69, 9.17) is 5.73 Å². The van der Waals surface area contributed by atoms with E-state index in [1.807, 2.05) is 24.3 Å². The van der Waals surface area contributed by atoms with Gasteiger partial charge in [0.15, 0.2) is 10.8 Å². The zero-order chi connectivity index (χ0) is 16.2. The molecule has 0 saturated carbocycles. The van der Waals surface area contributed by atoms with Crippen molar-refractivity contribution in [2.24, 2.45) is 0 Å². The number of nitrogen functional groups attached to an aromatic ring is 1. The van der Waals surface area contributed by atoms with E-state index in [1.165, 1.54) is 11.8 Å². The van der Waals surface area contributed by atoms with Crippen molar-refractivity contribution in [2.45, 2.75) is 18.5 Å². The lowest BCUT2D eigenvalue weighted by molar-refractivity contribution is -0.113. The lowest BCUT2D eigenvalue weighted by Crippen LogP contribution is -2.15. The first kappa shape index (κ1) is 15.4. The van der Waals surface area contributed by atoms with Gasteiger partial charge < -0.3 is 11.1 Å². The average molecular weight is 327 g/mol. The standard InChI is InChI=1S/C16H17N5OS/c1-2-11-5-3-4-6-13(11)18-15(22)10-23-16-20-19-14-8-7-12(17)9-21(14)16/h3-9H,2,10,17H2,1H3,(H,18,22). The van der Waals surface area contributed by atoms with Crippen molar-refractivity contribution in [2.75, 3.05) is 16.8 Å². The summed E-state index contributed by atoms with van der Waals surface area (Å²) in [7, 11) is 0. The topological polar surface area (TPSA) is 85.3 Å². The van der Waals surface area contributed by atoms with E-state index in [-0.39, 0.29) is 11.7 Å². The highest BCUT2D eigenvalue weighted by atomic mass is 32.2. The van der Waals surface area contributed by atoms with Gasteiger partial charge in [-0.15, -0.1) is 10.2 Å². The van der Waals surface area contributed by atoms with Gasteiger partial charge in [0.1, 0.15) is 0 Å². The number of rotatable bonds is 5. The highest BCUT2D eigenvalue weighted by Crippen LogP contribution is 2.20. The molecule has 0 aliphatic carbocycles. The van der Waals surface area contributed by atoms with Gasteiger partial charge in [0.2, 0.25) is 5.91 Å². The third kappa shape index (κ3) is 3.45. The van der Waals surface area contributed by atoms with Crippen molar-refractivity contribution in [1.82, 2.24) is 14.6 Å². The normalized spacial score (nSPS) is 10.8. The van der Waals surface area contributed by atoms with Crippen molar-refractivity contribution in [3.05, 3.63) is 48.2 Å². The maximum Gasteiger partial charge on any atom is 0.234 e. The third-order valence-corrected chi connectivity index (χ3v) is 4.34. The number of aromatic nitrogens is 3. The first-order chi connectivity index (χ1) is 11.2. The predicted molar refractivity (Wildman–Crippen MR) is 92.6 cm³/mol. The number of para-hydroxylation sites is 1. The van der Waals surface area contributed by atoms with Crippen LogP contribution in [0.3, 0.4) is 0 Å². The summed E-state index contributed by atoms with van der Waals surface area (Å²) in [5, 5.41) is 11.7. The Balaban J connectivity index is 1.67. The van der Waals surface area contributed by atoms with E-state index in [1.54, 1.807) is 22.7 Å². The number of hydrogen-bond donors (Lipinski definition) is 2. The van der Waals surface area contributed by atoms with Crippen LogP contribution in [-0.2, 0) is 11.2 Å². The lowest BCUT2D eigenvalue weighted by Gasteiger charge is -2.09. The summed E-state index contributed by atoms with van der Waals surface area (Å²) in [4.78, 5) is 12.2.